The van der Waals surface area contributed by atoms with Gasteiger partial charge in [0, 0.05) is 20.7 Å². The molecule has 2 aromatic carbocycles. The highest BCUT2D eigenvalue weighted by molar-refractivity contribution is 9.10. The van der Waals surface area contributed by atoms with Crippen LogP contribution in [0.25, 0.3) is 6.08 Å². The van der Waals surface area contributed by atoms with Gasteiger partial charge in [0.2, 0.25) is 0 Å². The molecule has 0 aromatic heterocycles. The lowest BCUT2D eigenvalue weighted by Gasteiger charge is -2.32. The van der Waals surface area contributed by atoms with Gasteiger partial charge in [-0.15, -0.1) is 0 Å². The minimum atomic E-state index is -0.395. The van der Waals surface area contributed by atoms with E-state index in [4.69, 9.17) is 33.0 Å². The van der Waals surface area contributed by atoms with Crippen LogP contribution in [-0.2, 0) is 27.9 Å². The Balaban J connectivity index is 0.000000205. The Bertz CT molecular complexity index is 1400. The van der Waals surface area contributed by atoms with E-state index in [9.17, 15) is 9.90 Å². The topological polar surface area (TPSA) is 113 Å². The highest BCUT2D eigenvalue weighted by Crippen LogP contribution is 2.42. The Morgan fingerprint density at radius 1 is 0.583 bits per heavy atom. The van der Waals surface area contributed by atoms with Crippen LogP contribution in [0.4, 0.5) is 0 Å². The lowest BCUT2D eigenvalue weighted by atomic mass is 9.64. The zero-order chi connectivity index (χ0) is 36.5. The Morgan fingerprint density at radius 2 is 0.917 bits per heavy atom. The number of carbonyl (C=O) groups is 1. The first kappa shape index (κ1) is 40.8. The predicted octanol–water partition coefficient (Wildman–Crippen LogP) is 8.48. The molecule has 0 amide bonds. The van der Waals surface area contributed by atoms with Crippen molar-refractivity contribution in [1.82, 2.24) is 0 Å². The molecule has 0 atom stereocenters. The molecule has 0 saturated carbocycles. The molecule has 3 heterocycles. The second kappa shape index (κ2) is 14.9. The maximum Gasteiger partial charge on any atom is 0.487 e. The minimum Gasteiger partial charge on any atom is -0.507 e. The molecule has 0 unspecified atom stereocenters. The zero-order valence-corrected chi connectivity index (χ0v) is 33.3. The van der Waals surface area contributed by atoms with Crippen molar-refractivity contribution in [2.75, 3.05) is 0 Å². The smallest absolute Gasteiger partial charge is 0.487 e. The van der Waals surface area contributed by atoms with Crippen LogP contribution in [-0.4, -0.2) is 71.5 Å². The number of rotatable bonds is 5. The van der Waals surface area contributed by atoms with Crippen molar-refractivity contribution in [3.63, 3.8) is 0 Å². The quantitative estimate of drug-likeness (QED) is 0.228. The van der Waals surface area contributed by atoms with Crippen LogP contribution in [0.2, 0.25) is 6.22 Å². The number of aldehydes is 1. The van der Waals surface area contributed by atoms with Crippen molar-refractivity contribution >= 4 is 65.6 Å². The molecule has 0 bridgehead atoms. The summed E-state index contributed by atoms with van der Waals surface area (Å²) in [5.41, 5.74) is -0.861. The highest BCUT2D eigenvalue weighted by atomic mass is 79.9. The van der Waals surface area contributed by atoms with Gasteiger partial charge in [-0.25, -0.2) is 0 Å². The molecular formula is C34H49B3Br2O9. The number of hydrogen-bond acceptors (Lipinski definition) is 9. The summed E-state index contributed by atoms with van der Waals surface area (Å²) in [6.45, 7) is 24.5. The van der Waals surface area contributed by atoms with Crippen LogP contribution in [0.15, 0.2) is 51.3 Å². The molecule has 0 aliphatic carbocycles. The largest absolute Gasteiger partial charge is 0.507 e. The number of phenolic OH excluding ortho intramolecular Hbond substituents is 2. The van der Waals surface area contributed by atoms with E-state index in [0.717, 1.165) is 14.5 Å². The first-order valence-electron chi connectivity index (χ1n) is 16.0. The summed E-state index contributed by atoms with van der Waals surface area (Å²) >= 11 is 6.46. The zero-order valence-electron chi connectivity index (χ0n) is 30.1. The Morgan fingerprint density at radius 3 is 1.25 bits per heavy atom. The highest BCUT2D eigenvalue weighted by Gasteiger charge is 2.57. The SMILES string of the molecule is CC1(C)OB(/C=C/c2ccc(Br)cc2O)OC1(C)C.CC1(C)OB(CB2OC(C)(C)C(C)(C)O2)OC1(C)C.O=Cc1ccc(Br)cc1O. The molecular weight excluding hydrogens is 745 g/mol. The third kappa shape index (κ3) is 9.78. The van der Waals surface area contributed by atoms with E-state index in [-0.39, 0.29) is 59.3 Å². The second-order valence-corrected chi connectivity index (χ2v) is 16.9. The fraction of sp³-hybridized carbons (Fsp3) is 0.559. The van der Waals surface area contributed by atoms with Crippen molar-refractivity contribution in [2.45, 2.75) is 123 Å². The molecule has 0 radical (unpaired) electrons. The van der Waals surface area contributed by atoms with Gasteiger partial charge in [-0.2, -0.15) is 0 Å². The average Bonchev–Trinajstić information content (AvgIpc) is 3.35. The van der Waals surface area contributed by atoms with Crippen molar-refractivity contribution in [3.8, 4) is 11.5 Å². The van der Waals surface area contributed by atoms with Gasteiger partial charge < -0.3 is 38.1 Å². The molecule has 262 valence electrons. The van der Waals surface area contributed by atoms with Crippen molar-refractivity contribution in [1.29, 1.82) is 0 Å². The molecule has 2 aromatic rings. The maximum absolute atomic E-state index is 10.2. The monoisotopic (exact) mass is 792 g/mol. The van der Waals surface area contributed by atoms with Crippen molar-refractivity contribution < 1.29 is 42.9 Å². The summed E-state index contributed by atoms with van der Waals surface area (Å²) in [5, 5.41) is 18.8. The van der Waals surface area contributed by atoms with Crippen molar-refractivity contribution in [2.24, 2.45) is 0 Å². The van der Waals surface area contributed by atoms with Gasteiger partial charge in [-0.05, 0) is 113 Å². The average molecular weight is 794 g/mol. The second-order valence-electron chi connectivity index (χ2n) is 15.1. The predicted molar refractivity (Wildman–Crippen MR) is 199 cm³/mol. The number of benzene rings is 2. The van der Waals surface area contributed by atoms with Gasteiger partial charge in [0.1, 0.15) is 11.5 Å². The molecule has 3 aliphatic rings. The molecule has 0 spiro atoms. The van der Waals surface area contributed by atoms with E-state index >= 15 is 0 Å². The van der Waals surface area contributed by atoms with Crippen LogP contribution in [0.1, 0.15) is 99.0 Å². The Hall–Kier alpha value is -1.64. The number of hydrogen-bond donors (Lipinski definition) is 2. The first-order chi connectivity index (χ1) is 21.8. The van der Waals surface area contributed by atoms with Crippen LogP contribution >= 0.6 is 31.9 Å². The van der Waals surface area contributed by atoms with Gasteiger partial charge in [0.15, 0.2) is 6.29 Å². The fourth-order valence-corrected chi connectivity index (χ4v) is 5.40. The van der Waals surface area contributed by atoms with Gasteiger partial charge >= 0.3 is 21.4 Å². The van der Waals surface area contributed by atoms with Crippen LogP contribution in [0, 0.1) is 0 Å². The molecule has 3 aliphatic heterocycles. The summed E-state index contributed by atoms with van der Waals surface area (Å²) in [4.78, 5) is 10.2. The van der Waals surface area contributed by atoms with E-state index in [0.29, 0.717) is 18.1 Å². The lowest BCUT2D eigenvalue weighted by molar-refractivity contribution is 0.00578. The third-order valence-corrected chi connectivity index (χ3v) is 10.8. The molecule has 5 rings (SSSR count). The summed E-state index contributed by atoms with van der Waals surface area (Å²) < 4.78 is 37.2. The van der Waals surface area contributed by atoms with Gasteiger partial charge in [-0.1, -0.05) is 50.0 Å². The molecule has 14 heteroatoms. The van der Waals surface area contributed by atoms with Crippen molar-refractivity contribution in [3.05, 3.63) is 62.4 Å². The van der Waals surface area contributed by atoms with E-state index < -0.39 is 7.12 Å². The van der Waals surface area contributed by atoms with Gasteiger partial charge in [-0.3, -0.25) is 4.79 Å². The molecule has 3 fully saturated rings. The van der Waals surface area contributed by atoms with E-state index in [1.165, 1.54) is 6.07 Å². The Kier molecular flexibility index (Phi) is 12.7. The van der Waals surface area contributed by atoms with E-state index in [1.54, 1.807) is 18.2 Å². The van der Waals surface area contributed by atoms with Crippen LogP contribution in [0.3, 0.4) is 0 Å². The number of carbonyl (C=O) groups excluding carboxylic acids is 1. The number of halogens is 2. The first-order valence-corrected chi connectivity index (χ1v) is 17.6. The molecule has 48 heavy (non-hydrogen) atoms. The van der Waals surface area contributed by atoms with Gasteiger partial charge in [0.25, 0.3) is 0 Å². The molecule has 2 N–H and O–H groups in total. The van der Waals surface area contributed by atoms with E-state index in [2.05, 4.69) is 87.2 Å². The maximum atomic E-state index is 10.2. The summed E-state index contributed by atoms with van der Waals surface area (Å²) in [5.74, 6) is 2.05. The van der Waals surface area contributed by atoms with Crippen LogP contribution in [0.5, 0.6) is 11.5 Å². The summed E-state index contributed by atoms with van der Waals surface area (Å²) in [6, 6.07) is 10.1. The molecule has 3 saturated heterocycles. The summed E-state index contributed by atoms with van der Waals surface area (Å²) in [6.07, 6.45) is 3.02. The number of aromatic hydroxyl groups is 2. The van der Waals surface area contributed by atoms with Gasteiger partial charge in [0.05, 0.1) is 39.2 Å². The lowest BCUT2D eigenvalue weighted by Crippen LogP contribution is -2.41. The number of phenols is 2. The van der Waals surface area contributed by atoms with Crippen LogP contribution < -0.4 is 0 Å². The standard InChI is InChI=1S/C14H18BBrO3.C13H26B2O4.C7H5BrO2/c1-13(2)14(3,4)19-15(18-13)8-7-10-5-6-11(16)9-12(10)17;1-10(2)11(3,4)17-14(16-10)9-15-18-12(5,6)13(7,8)19-15;8-6-2-1-5(4-9)7(10)3-6/h5-9,17H,1-4H3;9H2,1-8H3;1-4,10H/b8-7+;;. The normalized spacial score (nSPS) is 22.6. The summed E-state index contributed by atoms with van der Waals surface area (Å²) in [7, 11) is -0.951. The van der Waals surface area contributed by atoms with E-state index in [1.807, 2.05) is 51.9 Å². The molecule has 9 nitrogen and oxygen atoms in total. The fourth-order valence-electron chi connectivity index (χ4n) is 4.70. The minimum absolute atomic E-state index is 0.00405. The third-order valence-electron chi connectivity index (χ3n) is 9.81. The Labute approximate surface area is 304 Å².